The number of thiazole rings is 1. The summed E-state index contributed by atoms with van der Waals surface area (Å²) in [4.78, 5) is 16.1. The number of hydrogen-bond donors (Lipinski definition) is 1. The van der Waals surface area contributed by atoms with Crippen LogP contribution in [0.4, 0.5) is 0 Å². The van der Waals surface area contributed by atoms with Crippen molar-refractivity contribution in [2.75, 3.05) is 0 Å². The van der Waals surface area contributed by atoms with Crippen LogP contribution in [0.1, 0.15) is 17.0 Å². The molecule has 1 N–H and O–H groups in total. The molecule has 0 saturated heterocycles. The second kappa shape index (κ2) is 7.70. The summed E-state index contributed by atoms with van der Waals surface area (Å²) in [6.45, 7) is 0. The van der Waals surface area contributed by atoms with Gasteiger partial charge >= 0.3 is 5.97 Å². The predicted molar refractivity (Wildman–Crippen MR) is 97.9 cm³/mol. The molecule has 3 aromatic rings. The first-order chi connectivity index (χ1) is 11.7. The van der Waals surface area contributed by atoms with Crippen molar-refractivity contribution >= 4 is 23.4 Å². The first-order valence-electron chi connectivity index (χ1n) is 7.71. The number of benzene rings is 2. The molecule has 3 rings (SSSR count). The van der Waals surface area contributed by atoms with Gasteiger partial charge in [-0.15, -0.1) is 11.3 Å². The normalized spacial score (nSPS) is 11.4. The number of nitrogens with zero attached hydrogens (tertiary/aromatic N) is 1. The van der Waals surface area contributed by atoms with E-state index in [9.17, 15) is 9.90 Å². The lowest BCUT2D eigenvalue weighted by Crippen LogP contribution is -2.02. The Hall–Kier alpha value is -2.72. The van der Waals surface area contributed by atoms with Crippen molar-refractivity contribution in [1.29, 1.82) is 0 Å². The minimum Gasteiger partial charge on any atom is -0.478 e. The highest BCUT2D eigenvalue weighted by molar-refractivity contribution is 7.09. The van der Waals surface area contributed by atoms with Gasteiger partial charge in [-0.3, -0.25) is 0 Å². The minimum absolute atomic E-state index is 0.401. The second-order valence-electron chi connectivity index (χ2n) is 5.38. The van der Waals surface area contributed by atoms with E-state index in [1.54, 1.807) is 17.4 Å². The van der Waals surface area contributed by atoms with Crippen molar-refractivity contribution < 1.29 is 9.90 Å². The Labute approximate surface area is 144 Å². The van der Waals surface area contributed by atoms with Crippen LogP contribution in [-0.4, -0.2) is 16.1 Å². The molecule has 1 aromatic heterocycles. The summed E-state index contributed by atoms with van der Waals surface area (Å²) in [7, 11) is 0. The third-order valence-corrected chi connectivity index (χ3v) is 4.55. The summed E-state index contributed by atoms with van der Waals surface area (Å²) >= 11 is 1.57. The Morgan fingerprint density at radius 2 is 1.71 bits per heavy atom. The van der Waals surface area contributed by atoms with Gasteiger partial charge in [0.25, 0.3) is 0 Å². The maximum Gasteiger partial charge on any atom is 0.331 e. The fourth-order valence-electron chi connectivity index (χ4n) is 2.40. The number of aliphatic carboxylic acids is 1. The lowest BCUT2D eigenvalue weighted by atomic mass is 10.1. The Morgan fingerprint density at radius 3 is 2.38 bits per heavy atom. The molecular formula is C20H17NO2S. The average molecular weight is 335 g/mol. The molecule has 0 atom stereocenters. The fourth-order valence-corrected chi connectivity index (χ4v) is 3.21. The molecule has 2 aromatic carbocycles. The molecule has 0 radical (unpaired) electrons. The summed E-state index contributed by atoms with van der Waals surface area (Å²) in [6, 6.07) is 19.5. The molecule has 3 nitrogen and oxygen atoms in total. The molecular weight excluding hydrogens is 318 g/mol. The van der Waals surface area contributed by atoms with Gasteiger partial charge in [-0.1, -0.05) is 60.7 Å². The van der Waals surface area contributed by atoms with Crippen LogP contribution in [0.3, 0.4) is 0 Å². The van der Waals surface area contributed by atoms with E-state index in [0.29, 0.717) is 18.4 Å². The topological polar surface area (TPSA) is 50.2 Å². The van der Waals surface area contributed by atoms with E-state index in [1.807, 2.05) is 66.0 Å². The average Bonchev–Trinajstić information content (AvgIpc) is 3.09. The van der Waals surface area contributed by atoms with Gasteiger partial charge in [0.1, 0.15) is 0 Å². The monoisotopic (exact) mass is 335 g/mol. The Kier molecular flexibility index (Phi) is 5.18. The van der Waals surface area contributed by atoms with Gasteiger partial charge in [0.15, 0.2) is 0 Å². The second-order valence-corrected chi connectivity index (χ2v) is 6.32. The summed E-state index contributed by atoms with van der Waals surface area (Å²) < 4.78 is 0. The number of carbonyl (C=O) groups is 1. The molecule has 120 valence electrons. The number of rotatable bonds is 6. The Balaban J connectivity index is 1.71. The Bertz CT molecular complexity index is 838. The molecule has 0 bridgehead atoms. The van der Waals surface area contributed by atoms with Crippen LogP contribution in [0, 0.1) is 0 Å². The lowest BCUT2D eigenvalue weighted by Gasteiger charge is -2.01. The van der Waals surface area contributed by atoms with E-state index in [2.05, 4.69) is 4.98 Å². The third-order valence-electron chi connectivity index (χ3n) is 3.64. The van der Waals surface area contributed by atoms with Gasteiger partial charge in [-0.05, 0) is 18.1 Å². The van der Waals surface area contributed by atoms with Crippen LogP contribution in [0.5, 0.6) is 0 Å². The quantitative estimate of drug-likeness (QED) is 0.651. The van der Waals surface area contributed by atoms with Gasteiger partial charge in [-0.2, -0.15) is 0 Å². The van der Waals surface area contributed by atoms with Crippen LogP contribution in [-0.2, 0) is 11.2 Å². The van der Waals surface area contributed by atoms with Gasteiger partial charge in [-0.25, -0.2) is 9.78 Å². The zero-order valence-electron chi connectivity index (χ0n) is 13.1. The van der Waals surface area contributed by atoms with Gasteiger partial charge < -0.3 is 5.11 Å². The highest BCUT2D eigenvalue weighted by atomic mass is 32.1. The fraction of sp³-hybridized carbons (Fsp3) is 0.100. The summed E-state index contributed by atoms with van der Waals surface area (Å²) in [6.07, 6.45) is 2.82. The van der Waals surface area contributed by atoms with Crippen molar-refractivity contribution in [3.63, 3.8) is 0 Å². The first-order valence-corrected chi connectivity index (χ1v) is 8.59. The smallest absolute Gasteiger partial charge is 0.331 e. The number of aryl methyl sites for hydroxylation is 1. The van der Waals surface area contributed by atoms with Crippen LogP contribution in [0.15, 0.2) is 71.6 Å². The molecule has 0 unspecified atom stereocenters. The number of carboxylic acid groups (broad SMARTS) is 1. The van der Waals surface area contributed by atoms with Crippen LogP contribution in [0.25, 0.3) is 17.3 Å². The van der Waals surface area contributed by atoms with Crippen molar-refractivity contribution in [2.24, 2.45) is 0 Å². The summed E-state index contributed by atoms with van der Waals surface area (Å²) in [5, 5.41) is 12.4. The molecule has 4 heteroatoms. The molecule has 0 aliphatic heterocycles. The molecule has 0 spiro atoms. The van der Waals surface area contributed by atoms with Crippen molar-refractivity contribution in [3.05, 3.63) is 82.2 Å². The van der Waals surface area contributed by atoms with E-state index in [4.69, 9.17) is 0 Å². The molecule has 0 saturated carbocycles. The number of carboxylic acids is 1. The minimum atomic E-state index is -0.876. The van der Waals surface area contributed by atoms with E-state index >= 15 is 0 Å². The predicted octanol–water partition coefficient (Wildman–Crippen LogP) is 4.91. The summed E-state index contributed by atoms with van der Waals surface area (Å²) in [5.74, 6) is -0.876. The Morgan fingerprint density at radius 1 is 1.04 bits per heavy atom. The SMILES string of the molecule is O=C(O)/C(=C\c1ccccc1)CCc1nc(-c2ccccc2)cs1. The zero-order valence-corrected chi connectivity index (χ0v) is 13.9. The van der Waals surface area contributed by atoms with Gasteiger partial charge in [0, 0.05) is 22.9 Å². The van der Waals surface area contributed by atoms with Crippen molar-refractivity contribution in [2.45, 2.75) is 12.8 Å². The molecule has 0 aliphatic carbocycles. The van der Waals surface area contributed by atoms with Crippen LogP contribution < -0.4 is 0 Å². The van der Waals surface area contributed by atoms with Crippen LogP contribution in [0.2, 0.25) is 0 Å². The van der Waals surface area contributed by atoms with Gasteiger partial charge in [0.05, 0.1) is 10.7 Å². The molecule has 24 heavy (non-hydrogen) atoms. The standard InChI is InChI=1S/C20H17NO2S/c22-20(23)17(13-15-7-3-1-4-8-15)11-12-19-21-18(14-24-19)16-9-5-2-6-10-16/h1-10,13-14H,11-12H2,(H,22,23)/b17-13-. The molecule has 0 fully saturated rings. The molecule has 0 aliphatic rings. The molecule has 1 heterocycles. The van der Waals surface area contributed by atoms with Crippen molar-refractivity contribution in [1.82, 2.24) is 4.98 Å². The van der Waals surface area contributed by atoms with Gasteiger partial charge in [0.2, 0.25) is 0 Å². The number of aromatic nitrogens is 1. The highest BCUT2D eigenvalue weighted by Gasteiger charge is 2.10. The third kappa shape index (κ3) is 4.18. The first kappa shape index (κ1) is 16.1. The van der Waals surface area contributed by atoms with Crippen molar-refractivity contribution in [3.8, 4) is 11.3 Å². The molecule has 0 amide bonds. The largest absolute Gasteiger partial charge is 0.478 e. The summed E-state index contributed by atoms with van der Waals surface area (Å²) in [5.41, 5.74) is 3.33. The highest BCUT2D eigenvalue weighted by Crippen LogP contribution is 2.23. The zero-order chi connectivity index (χ0) is 16.8. The lowest BCUT2D eigenvalue weighted by molar-refractivity contribution is -0.132. The van der Waals surface area contributed by atoms with Crippen LogP contribution >= 0.6 is 11.3 Å². The van der Waals surface area contributed by atoms with E-state index < -0.39 is 5.97 Å². The van der Waals surface area contributed by atoms with E-state index in [-0.39, 0.29) is 0 Å². The maximum absolute atomic E-state index is 11.5. The van der Waals surface area contributed by atoms with E-state index in [0.717, 1.165) is 21.8 Å². The maximum atomic E-state index is 11.5. The number of hydrogen-bond acceptors (Lipinski definition) is 3. The van der Waals surface area contributed by atoms with E-state index in [1.165, 1.54) is 0 Å².